The summed E-state index contributed by atoms with van der Waals surface area (Å²) in [7, 11) is 0. The number of carbonyl (C=O) groups excluding carboxylic acids is 2. The molecule has 0 unspecified atom stereocenters. The van der Waals surface area contributed by atoms with E-state index in [4.69, 9.17) is 0 Å². The van der Waals surface area contributed by atoms with Crippen molar-refractivity contribution in [1.29, 1.82) is 0 Å². The molecular weight excluding hydrogens is 194 g/mol. The first-order valence-corrected chi connectivity index (χ1v) is 1.46. The summed E-state index contributed by atoms with van der Waals surface area (Å²) >= 11 is 0. The minimum Gasteiger partial charge on any atom is -0.527 e. The number of hydrogen-bond acceptors (Lipinski definition) is 4. The molecule has 8 heteroatoms. The second-order valence-corrected chi connectivity index (χ2v) is 0.732. The maximum atomic E-state index is 9.24. The summed E-state index contributed by atoms with van der Waals surface area (Å²) in [5.41, 5.74) is 0. The zero-order valence-corrected chi connectivity index (χ0v) is 11.8. The van der Waals surface area contributed by atoms with Gasteiger partial charge in [0, 0.05) is 0 Å². The second-order valence-electron chi connectivity index (χ2n) is 0.732. The van der Waals surface area contributed by atoms with E-state index in [1.165, 1.54) is 0 Å². The summed E-state index contributed by atoms with van der Waals surface area (Å²) in [5.74, 6) is 0. The number of rotatable bonds is 0. The van der Waals surface area contributed by atoms with Crippen molar-refractivity contribution in [3.63, 3.8) is 0 Å². The summed E-state index contributed by atoms with van der Waals surface area (Å²) in [5, 5.41) is 22.7. The first kappa shape index (κ1) is 17.8. The van der Waals surface area contributed by atoms with Crippen LogP contribution in [-0.4, -0.2) is 12.2 Å². The minimum atomic E-state index is -1.91. The average molecular weight is 194 g/mol. The molecule has 0 aliphatic rings. The zero-order chi connectivity index (χ0) is 6.57. The van der Waals surface area contributed by atoms with E-state index >= 15 is 0 Å². The molecule has 0 saturated heterocycles. The van der Waals surface area contributed by atoms with Crippen LogP contribution in [0.15, 0.2) is 10.2 Å². The molecule has 10 heavy (non-hydrogen) atoms. The monoisotopic (exact) mass is 194 g/mol. The molecule has 2 amide bonds. The molecular formula is C2K2N2O4. The SMILES string of the molecule is O=C([O-])/N=N\C(=O)[O-].[K+].[K+]. The van der Waals surface area contributed by atoms with Crippen LogP contribution in [0.5, 0.6) is 0 Å². The minimum absolute atomic E-state index is 0. The van der Waals surface area contributed by atoms with E-state index in [9.17, 15) is 19.8 Å². The van der Waals surface area contributed by atoms with Gasteiger partial charge in [-0.05, 0) is 0 Å². The van der Waals surface area contributed by atoms with Gasteiger partial charge < -0.3 is 19.8 Å². The summed E-state index contributed by atoms with van der Waals surface area (Å²) in [4.78, 5) is 18.5. The Hall–Kier alpha value is 1.81. The summed E-state index contributed by atoms with van der Waals surface area (Å²) < 4.78 is 0. The number of hydrogen-bond donors (Lipinski definition) is 0. The molecule has 0 aromatic carbocycles. The third-order valence-electron chi connectivity index (χ3n) is 0.213. The van der Waals surface area contributed by atoms with Crippen LogP contribution in [-0.2, 0) is 0 Å². The van der Waals surface area contributed by atoms with Gasteiger partial charge in [-0.1, -0.05) is 0 Å². The summed E-state index contributed by atoms with van der Waals surface area (Å²) in [6.45, 7) is 0. The molecule has 0 radical (unpaired) electrons. The first-order valence-electron chi connectivity index (χ1n) is 1.46. The van der Waals surface area contributed by atoms with Crippen molar-refractivity contribution in [2.24, 2.45) is 10.2 Å². The topological polar surface area (TPSA) is 105 Å². The fourth-order valence-corrected chi connectivity index (χ4v) is 0.0816. The molecule has 0 N–H and O–H groups in total. The Morgan fingerprint density at radius 2 is 1.10 bits per heavy atom. The largest absolute Gasteiger partial charge is 1.00 e. The quantitative estimate of drug-likeness (QED) is 0.282. The van der Waals surface area contributed by atoms with Crippen LogP contribution in [0.3, 0.4) is 0 Å². The van der Waals surface area contributed by atoms with Crippen LogP contribution in [0, 0.1) is 0 Å². The maximum Gasteiger partial charge on any atom is 1.00 e. The Kier molecular flexibility index (Phi) is 19.2. The third-order valence-corrected chi connectivity index (χ3v) is 0.213. The molecule has 0 fully saturated rings. The normalized spacial score (nSPS) is 7.60. The Balaban J connectivity index is -0.000000245. The number of carbonyl (C=O) groups is 2. The second kappa shape index (κ2) is 10.8. The van der Waals surface area contributed by atoms with Crippen molar-refractivity contribution < 1.29 is 123 Å². The molecule has 0 aliphatic heterocycles. The fraction of sp³-hybridized carbons (Fsp3) is 0. The van der Waals surface area contributed by atoms with Crippen molar-refractivity contribution in [3.05, 3.63) is 0 Å². The van der Waals surface area contributed by atoms with Crippen molar-refractivity contribution in [3.8, 4) is 0 Å². The van der Waals surface area contributed by atoms with Crippen molar-refractivity contribution in [1.82, 2.24) is 0 Å². The number of azo groups is 1. The molecule has 0 rings (SSSR count). The molecule has 0 heterocycles. The van der Waals surface area contributed by atoms with Gasteiger partial charge in [-0.3, -0.25) is 0 Å². The Morgan fingerprint density at radius 3 is 1.20 bits per heavy atom. The molecule has 44 valence electrons. The van der Waals surface area contributed by atoms with Gasteiger partial charge in [0.05, 0.1) is 0 Å². The Morgan fingerprint density at radius 1 is 0.900 bits per heavy atom. The van der Waals surface area contributed by atoms with Crippen LogP contribution in [0.25, 0.3) is 0 Å². The predicted octanol–water partition coefficient (Wildman–Crippen LogP) is -7.87. The van der Waals surface area contributed by atoms with E-state index in [1.54, 1.807) is 0 Å². The summed E-state index contributed by atoms with van der Waals surface area (Å²) in [6.07, 6.45) is -3.82. The van der Waals surface area contributed by atoms with Gasteiger partial charge in [-0.15, -0.1) is 10.2 Å². The predicted molar refractivity (Wildman–Crippen MR) is 15.6 cm³/mol. The van der Waals surface area contributed by atoms with E-state index in [-0.39, 0.29) is 103 Å². The van der Waals surface area contributed by atoms with Crippen molar-refractivity contribution >= 4 is 12.2 Å². The smallest absolute Gasteiger partial charge is 0.527 e. The molecule has 0 saturated carbocycles. The van der Waals surface area contributed by atoms with E-state index in [0.717, 1.165) is 0 Å². The third kappa shape index (κ3) is 16.4. The van der Waals surface area contributed by atoms with Gasteiger partial charge in [0.2, 0.25) is 0 Å². The molecule has 0 aromatic rings. The van der Waals surface area contributed by atoms with Gasteiger partial charge in [-0.25, -0.2) is 0 Å². The van der Waals surface area contributed by atoms with Gasteiger partial charge in [-0.2, -0.15) is 0 Å². The molecule has 0 bridgehead atoms. The van der Waals surface area contributed by atoms with E-state index < -0.39 is 12.2 Å². The van der Waals surface area contributed by atoms with E-state index in [2.05, 4.69) is 10.2 Å². The average Bonchev–Trinajstić information content (AvgIpc) is 1.61. The number of amides is 2. The molecule has 0 aromatic heterocycles. The molecule has 0 atom stereocenters. The molecule has 6 nitrogen and oxygen atoms in total. The molecule has 0 aliphatic carbocycles. The van der Waals surface area contributed by atoms with Crippen LogP contribution < -0.4 is 113 Å². The van der Waals surface area contributed by atoms with Crippen LogP contribution in [0.4, 0.5) is 9.59 Å². The van der Waals surface area contributed by atoms with Crippen molar-refractivity contribution in [2.45, 2.75) is 0 Å². The number of nitrogens with zero attached hydrogens (tertiary/aromatic N) is 2. The van der Waals surface area contributed by atoms with Gasteiger partial charge in [0.1, 0.15) is 0 Å². The summed E-state index contributed by atoms with van der Waals surface area (Å²) in [6, 6.07) is 0. The first-order chi connectivity index (χ1) is 3.63. The van der Waals surface area contributed by atoms with E-state index in [1.807, 2.05) is 0 Å². The van der Waals surface area contributed by atoms with Gasteiger partial charge in [0.15, 0.2) is 12.2 Å². The van der Waals surface area contributed by atoms with Crippen LogP contribution in [0.1, 0.15) is 0 Å². The Bertz CT molecular complexity index is 130. The van der Waals surface area contributed by atoms with Gasteiger partial charge >= 0.3 is 103 Å². The maximum absolute atomic E-state index is 9.24. The van der Waals surface area contributed by atoms with E-state index in [0.29, 0.717) is 0 Å². The van der Waals surface area contributed by atoms with Crippen molar-refractivity contribution in [2.75, 3.05) is 0 Å². The standard InChI is InChI=1S/C2H2N2O4.2K/c5-1(6)3-4-2(7)8;;/h(H,5,6)(H,7,8);;/q;2*+1/p-2/b4-3-;;. The zero-order valence-electron chi connectivity index (χ0n) is 5.53. The molecule has 0 spiro atoms. The number of carboxylic acid groups (broad SMARTS) is 2. The van der Waals surface area contributed by atoms with Gasteiger partial charge in [0.25, 0.3) is 0 Å². The Labute approximate surface area is 141 Å². The van der Waals surface area contributed by atoms with Crippen LogP contribution >= 0.6 is 0 Å². The van der Waals surface area contributed by atoms with Crippen LogP contribution in [0.2, 0.25) is 0 Å². The fourth-order valence-electron chi connectivity index (χ4n) is 0.0816.